The first-order valence-electron chi connectivity index (χ1n) is 10.4. The van der Waals surface area contributed by atoms with Crippen LogP contribution in [0.1, 0.15) is 30.9 Å². The zero-order chi connectivity index (χ0) is 20.7. The third-order valence-electron chi connectivity index (χ3n) is 5.80. The molecule has 30 heavy (non-hydrogen) atoms. The average Bonchev–Trinajstić information content (AvgIpc) is 3.41. The van der Waals surface area contributed by atoms with E-state index in [2.05, 4.69) is 36.5 Å². The van der Waals surface area contributed by atoms with Gasteiger partial charge in [0, 0.05) is 10.9 Å². The highest BCUT2D eigenvalue weighted by Gasteiger charge is 2.25. The van der Waals surface area contributed by atoms with Gasteiger partial charge in [-0.15, -0.1) is 11.3 Å². The number of aliphatic hydroxyl groups is 1. The first kappa shape index (κ1) is 19.7. The molecule has 3 aromatic heterocycles. The molecule has 0 spiro atoms. The molecule has 2 N–H and O–H groups in total. The van der Waals surface area contributed by atoms with Crippen LogP contribution in [0.4, 0.5) is 5.82 Å². The molecular formula is C23H24N4OS2. The Kier molecular flexibility index (Phi) is 5.35. The van der Waals surface area contributed by atoms with Crippen molar-refractivity contribution in [2.24, 2.45) is 0 Å². The predicted molar refractivity (Wildman–Crippen MR) is 127 cm³/mol. The average molecular weight is 437 g/mol. The van der Waals surface area contributed by atoms with Crippen molar-refractivity contribution in [1.29, 1.82) is 0 Å². The van der Waals surface area contributed by atoms with Crippen LogP contribution in [0.2, 0.25) is 0 Å². The van der Waals surface area contributed by atoms with E-state index in [4.69, 9.17) is 15.0 Å². The Morgan fingerprint density at radius 2 is 1.93 bits per heavy atom. The summed E-state index contributed by atoms with van der Waals surface area (Å²) in [6.45, 7) is 2.14. The summed E-state index contributed by atoms with van der Waals surface area (Å²) in [5.41, 5.74) is 6.05. The number of nitrogens with one attached hydrogen (secondary N) is 1. The van der Waals surface area contributed by atoms with Crippen LogP contribution >= 0.6 is 23.1 Å². The fourth-order valence-corrected chi connectivity index (χ4v) is 5.70. The van der Waals surface area contributed by atoms with E-state index in [-0.39, 0.29) is 12.6 Å². The molecule has 0 fully saturated rings. The summed E-state index contributed by atoms with van der Waals surface area (Å²) in [5, 5.41) is 15.1. The Labute approximate surface area is 184 Å². The number of hydrogen-bond donors (Lipinski definition) is 2. The molecule has 0 saturated carbocycles. The van der Waals surface area contributed by atoms with Crippen molar-refractivity contribution < 1.29 is 5.11 Å². The molecule has 1 atom stereocenters. The summed E-state index contributed by atoms with van der Waals surface area (Å²) < 4.78 is 1.03. The van der Waals surface area contributed by atoms with E-state index in [0.29, 0.717) is 0 Å². The second-order valence-electron chi connectivity index (χ2n) is 7.59. The summed E-state index contributed by atoms with van der Waals surface area (Å²) in [6.07, 6.45) is 6.11. The van der Waals surface area contributed by atoms with E-state index >= 15 is 0 Å². The minimum atomic E-state index is -0.0263. The Morgan fingerprint density at radius 1 is 1.13 bits per heavy atom. The van der Waals surface area contributed by atoms with Crippen LogP contribution in [0.3, 0.4) is 0 Å². The molecule has 5 rings (SSSR count). The predicted octanol–water partition coefficient (Wildman–Crippen LogP) is 5.30. The van der Waals surface area contributed by atoms with Crippen molar-refractivity contribution >= 4 is 49.3 Å². The number of benzene rings is 1. The van der Waals surface area contributed by atoms with Crippen LogP contribution in [0.25, 0.3) is 31.7 Å². The van der Waals surface area contributed by atoms with Gasteiger partial charge in [-0.25, -0.2) is 15.0 Å². The molecule has 1 aliphatic carbocycles. The molecule has 5 nitrogen and oxygen atoms in total. The summed E-state index contributed by atoms with van der Waals surface area (Å²) >= 11 is 3.20. The van der Waals surface area contributed by atoms with Crippen LogP contribution in [0, 0.1) is 0 Å². The molecule has 1 aromatic carbocycles. The highest BCUT2D eigenvalue weighted by atomic mass is 32.2. The van der Waals surface area contributed by atoms with Gasteiger partial charge in [-0.2, -0.15) is 0 Å². The van der Waals surface area contributed by atoms with Crippen molar-refractivity contribution in [1.82, 2.24) is 15.0 Å². The Bertz CT molecular complexity index is 1220. The molecule has 0 amide bonds. The summed E-state index contributed by atoms with van der Waals surface area (Å²) in [6, 6.07) is 10.5. The molecule has 7 heteroatoms. The molecule has 3 heterocycles. The van der Waals surface area contributed by atoms with Crippen LogP contribution in [-0.2, 0) is 12.8 Å². The van der Waals surface area contributed by atoms with Crippen LogP contribution in [0.15, 0.2) is 35.5 Å². The molecule has 0 bridgehead atoms. The lowest BCUT2D eigenvalue weighted by molar-refractivity contribution is 0.271. The molecular weight excluding hydrogens is 412 g/mol. The number of rotatable bonds is 6. The highest BCUT2D eigenvalue weighted by Crippen LogP contribution is 2.44. The van der Waals surface area contributed by atoms with E-state index in [1.807, 2.05) is 12.3 Å². The first-order chi connectivity index (χ1) is 14.7. The van der Waals surface area contributed by atoms with Crippen molar-refractivity contribution in [3.8, 4) is 11.3 Å². The maximum Gasteiger partial charge on any atom is 0.189 e. The fourth-order valence-electron chi connectivity index (χ4n) is 4.24. The third-order valence-corrected chi connectivity index (χ3v) is 7.42. The van der Waals surface area contributed by atoms with Crippen LogP contribution in [0.5, 0.6) is 0 Å². The molecule has 154 valence electrons. The van der Waals surface area contributed by atoms with Gasteiger partial charge in [0.2, 0.25) is 0 Å². The van der Waals surface area contributed by atoms with Crippen molar-refractivity contribution in [3.05, 3.63) is 41.5 Å². The van der Waals surface area contributed by atoms with Gasteiger partial charge < -0.3 is 10.4 Å². The summed E-state index contributed by atoms with van der Waals surface area (Å²) in [4.78, 5) is 15.8. The largest absolute Gasteiger partial charge is 0.394 e. The van der Waals surface area contributed by atoms with Crippen LogP contribution < -0.4 is 5.32 Å². The standard InChI is InChI=1S/C23H24N4OS2/c1-3-14(12-28)24-21-20-19(26-23(27-21)29-2)17-15-10-7-11-16(15)18(25-22(17)30-20)13-8-5-4-6-9-13/h4-6,8-9,14,28H,3,7,10-12H2,1-2H3,(H,24,26,27)/t14-/m1/s1. The number of hydrogen-bond acceptors (Lipinski definition) is 7. The van der Waals surface area contributed by atoms with Gasteiger partial charge in [0.05, 0.1) is 28.6 Å². The topological polar surface area (TPSA) is 70.9 Å². The van der Waals surface area contributed by atoms with Crippen molar-refractivity contribution in [2.75, 3.05) is 18.2 Å². The van der Waals surface area contributed by atoms with Gasteiger partial charge in [0.1, 0.15) is 10.6 Å². The number of anilines is 1. The van der Waals surface area contributed by atoms with Crippen LogP contribution in [-0.4, -0.2) is 39.0 Å². The van der Waals surface area contributed by atoms with Gasteiger partial charge in [0.25, 0.3) is 0 Å². The van der Waals surface area contributed by atoms with Gasteiger partial charge in [0.15, 0.2) is 5.16 Å². The molecule has 4 aromatic rings. The number of aliphatic hydroxyl groups excluding tert-OH is 1. The zero-order valence-corrected chi connectivity index (χ0v) is 18.7. The fraction of sp³-hybridized carbons (Fsp3) is 0.348. The number of aryl methyl sites for hydroxylation is 1. The number of thioether (sulfide) groups is 1. The zero-order valence-electron chi connectivity index (χ0n) is 17.1. The highest BCUT2D eigenvalue weighted by molar-refractivity contribution is 7.98. The lowest BCUT2D eigenvalue weighted by Crippen LogP contribution is -2.23. The monoisotopic (exact) mass is 436 g/mol. The summed E-state index contributed by atoms with van der Waals surface area (Å²) in [7, 11) is 0. The molecule has 1 aliphatic rings. The number of nitrogens with zero attached hydrogens (tertiary/aromatic N) is 3. The van der Waals surface area contributed by atoms with E-state index in [1.54, 1.807) is 23.1 Å². The quantitative estimate of drug-likeness (QED) is 0.316. The molecule has 0 unspecified atom stereocenters. The maximum absolute atomic E-state index is 9.69. The van der Waals surface area contributed by atoms with Gasteiger partial charge in [-0.1, -0.05) is 49.0 Å². The van der Waals surface area contributed by atoms with E-state index < -0.39 is 0 Å². The first-order valence-corrected chi connectivity index (χ1v) is 12.4. The van der Waals surface area contributed by atoms with Crippen molar-refractivity contribution in [3.63, 3.8) is 0 Å². The Balaban J connectivity index is 1.79. The minimum absolute atomic E-state index is 0.0263. The number of pyridine rings is 1. The SMILES string of the molecule is CC[C@H](CO)Nc1nc(SC)nc2c1sc1nc(-c3ccccc3)c3c(c12)CCC3. The summed E-state index contributed by atoms with van der Waals surface area (Å²) in [5.74, 6) is 0.807. The Hall–Kier alpha value is -2.22. The second kappa shape index (κ2) is 8.13. The van der Waals surface area contributed by atoms with E-state index in [1.165, 1.54) is 22.1 Å². The van der Waals surface area contributed by atoms with Gasteiger partial charge >= 0.3 is 0 Å². The lowest BCUT2D eigenvalue weighted by atomic mass is 10.0. The smallest absolute Gasteiger partial charge is 0.189 e. The minimum Gasteiger partial charge on any atom is -0.394 e. The van der Waals surface area contributed by atoms with E-state index in [9.17, 15) is 5.11 Å². The second-order valence-corrected chi connectivity index (χ2v) is 9.36. The lowest BCUT2D eigenvalue weighted by Gasteiger charge is -2.15. The number of fused-ring (bicyclic) bond motifs is 5. The third kappa shape index (κ3) is 3.25. The maximum atomic E-state index is 9.69. The van der Waals surface area contributed by atoms with Gasteiger partial charge in [-0.3, -0.25) is 0 Å². The normalized spacial score (nSPS) is 14.4. The number of thiophene rings is 1. The van der Waals surface area contributed by atoms with E-state index in [0.717, 1.165) is 57.4 Å². The molecule has 0 aliphatic heterocycles. The Morgan fingerprint density at radius 3 is 2.67 bits per heavy atom. The molecule has 0 saturated heterocycles. The number of aromatic nitrogens is 3. The molecule has 0 radical (unpaired) electrons. The van der Waals surface area contributed by atoms with Crippen molar-refractivity contribution in [2.45, 2.75) is 43.8 Å². The van der Waals surface area contributed by atoms with Gasteiger partial charge in [-0.05, 0) is 43.1 Å².